The molecule has 2 aliphatic heterocycles. The number of aliphatic hydroxyl groups is 1. The summed E-state index contributed by atoms with van der Waals surface area (Å²) in [5.41, 5.74) is 16.2. The van der Waals surface area contributed by atoms with Gasteiger partial charge in [-0.15, -0.1) is 0 Å². The summed E-state index contributed by atoms with van der Waals surface area (Å²) in [6, 6.07) is 6.43. The van der Waals surface area contributed by atoms with E-state index in [1.54, 1.807) is 0 Å². The molecule has 0 fully saturated rings. The van der Waals surface area contributed by atoms with Crippen LogP contribution >= 0.6 is 0 Å². The van der Waals surface area contributed by atoms with Gasteiger partial charge in [0.15, 0.2) is 0 Å². The van der Waals surface area contributed by atoms with E-state index in [1.807, 2.05) is 6.92 Å². The summed E-state index contributed by atoms with van der Waals surface area (Å²) in [5.74, 6) is 0.0327. The summed E-state index contributed by atoms with van der Waals surface area (Å²) in [6.45, 7) is 10.7. The van der Waals surface area contributed by atoms with Crippen LogP contribution in [-0.4, -0.2) is 38.1 Å². The fourth-order valence-corrected chi connectivity index (χ4v) is 6.88. The van der Waals surface area contributed by atoms with E-state index in [0.29, 0.717) is 12.8 Å². The quantitative estimate of drug-likeness (QED) is 0.314. The fourth-order valence-electron chi connectivity index (χ4n) is 6.88. The first-order valence-electron chi connectivity index (χ1n) is 14.4. The molecule has 3 aromatic rings. The molecule has 0 amide bonds. The third-order valence-electron chi connectivity index (χ3n) is 9.41. The maximum absolute atomic E-state index is 12.1. The van der Waals surface area contributed by atoms with Crippen LogP contribution in [0.1, 0.15) is 102 Å². The maximum atomic E-state index is 12.1. The Bertz CT molecular complexity index is 1740. The largest absolute Gasteiger partial charge is 0.469 e. The molecule has 0 saturated carbocycles. The summed E-state index contributed by atoms with van der Waals surface area (Å²) in [4.78, 5) is 29.9. The average Bonchev–Trinajstić information content (AvgIpc) is 3.70. The number of nitrogens with one attached hydrogen (secondary N) is 2. The maximum Gasteiger partial charge on any atom is 0.305 e. The zero-order valence-electron chi connectivity index (χ0n) is 24.3. The van der Waals surface area contributed by atoms with Crippen LogP contribution in [0.5, 0.6) is 0 Å². The Morgan fingerprint density at radius 1 is 1.00 bits per heavy atom. The van der Waals surface area contributed by atoms with Crippen LogP contribution < -0.4 is 0 Å². The van der Waals surface area contributed by atoms with Gasteiger partial charge in [0.05, 0.1) is 25.1 Å². The van der Waals surface area contributed by atoms with Crippen molar-refractivity contribution in [2.45, 2.75) is 85.2 Å². The van der Waals surface area contributed by atoms with Crippen molar-refractivity contribution in [3.63, 3.8) is 0 Å². The Morgan fingerprint density at radius 3 is 2.40 bits per heavy atom. The highest BCUT2D eigenvalue weighted by atomic mass is 16.5. The highest BCUT2D eigenvalue weighted by molar-refractivity contribution is 5.95. The van der Waals surface area contributed by atoms with Crippen LogP contribution in [0.25, 0.3) is 33.2 Å². The number of aromatic nitrogens is 4. The fraction of sp³-hybridized carbons (Fsp3) is 0.424. The van der Waals surface area contributed by atoms with Crippen molar-refractivity contribution in [1.29, 1.82) is 0 Å². The third-order valence-corrected chi connectivity index (χ3v) is 9.41. The minimum Gasteiger partial charge on any atom is -0.469 e. The number of aliphatic hydroxyl groups excluding tert-OH is 1. The standard InChI is InChI=1S/C33H38N4O3/c1-7-20-16(2)26-13-30-24(15-38)19(5)25(35-30)12-27-18(4)22(10-11-31(39)40-6)33(36-27)23-9-8-21-17(3)28(37-32(21)23)14-29(20)34-26/h12-14,18,22,34-35,38H,7-11,15H2,1-6H3/t18-,22-/m0/s1. The molecule has 40 heavy (non-hydrogen) atoms. The molecule has 3 aliphatic rings. The van der Waals surface area contributed by atoms with E-state index in [1.165, 1.54) is 34.9 Å². The molecule has 5 heterocycles. The van der Waals surface area contributed by atoms with Crippen LogP contribution in [0.2, 0.25) is 0 Å². The predicted octanol–water partition coefficient (Wildman–Crippen LogP) is 6.70. The first kappa shape index (κ1) is 26.5. The second-order valence-electron chi connectivity index (χ2n) is 11.4. The van der Waals surface area contributed by atoms with Gasteiger partial charge >= 0.3 is 5.97 Å². The topological polar surface area (TPSA) is 104 Å². The van der Waals surface area contributed by atoms with E-state index in [2.05, 4.69) is 55.9 Å². The van der Waals surface area contributed by atoms with Gasteiger partial charge in [0.25, 0.3) is 0 Å². The predicted molar refractivity (Wildman–Crippen MR) is 159 cm³/mol. The van der Waals surface area contributed by atoms with E-state index in [-0.39, 0.29) is 24.4 Å². The van der Waals surface area contributed by atoms with E-state index >= 15 is 0 Å². The number of hydrogen-bond donors (Lipinski definition) is 3. The van der Waals surface area contributed by atoms with Gasteiger partial charge in [-0.2, -0.15) is 0 Å². The number of rotatable bonds is 5. The first-order chi connectivity index (χ1) is 19.2. The number of allylic oxidation sites excluding steroid dienone is 2. The summed E-state index contributed by atoms with van der Waals surface area (Å²) < 4.78 is 4.98. The zero-order chi connectivity index (χ0) is 28.3. The van der Waals surface area contributed by atoms with Crippen LogP contribution in [0.3, 0.4) is 0 Å². The van der Waals surface area contributed by atoms with Crippen LogP contribution in [0.15, 0.2) is 18.2 Å². The monoisotopic (exact) mass is 538 g/mol. The van der Waals surface area contributed by atoms with E-state index < -0.39 is 0 Å². The smallest absolute Gasteiger partial charge is 0.305 e. The van der Waals surface area contributed by atoms with Crippen molar-refractivity contribution >= 4 is 39.2 Å². The molecule has 208 valence electrons. The van der Waals surface area contributed by atoms with Gasteiger partial charge in [-0.3, -0.25) is 9.78 Å². The lowest BCUT2D eigenvalue weighted by atomic mass is 9.85. The number of carbonyl (C=O) groups excluding carboxylic acids is 1. The molecule has 1 aliphatic carbocycles. The molecule has 7 nitrogen and oxygen atoms in total. The second-order valence-corrected chi connectivity index (χ2v) is 11.4. The molecule has 7 heteroatoms. The highest BCUT2D eigenvalue weighted by Crippen LogP contribution is 2.47. The van der Waals surface area contributed by atoms with Gasteiger partial charge in [-0.25, -0.2) is 4.98 Å². The summed E-state index contributed by atoms with van der Waals surface area (Å²) in [6.07, 6.45) is 3.80. The Morgan fingerprint density at radius 2 is 1.70 bits per heavy atom. The van der Waals surface area contributed by atoms with Gasteiger partial charge in [0.1, 0.15) is 0 Å². The number of methoxy groups -OCH3 is 1. The van der Waals surface area contributed by atoms with Crippen molar-refractivity contribution in [1.82, 2.24) is 19.9 Å². The Kier molecular flexibility index (Phi) is 6.65. The lowest BCUT2D eigenvalue weighted by Crippen LogP contribution is -2.09. The normalized spacial score (nSPS) is 18.1. The van der Waals surface area contributed by atoms with Gasteiger partial charge in [-0.1, -0.05) is 13.8 Å². The lowest BCUT2D eigenvalue weighted by Gasteiger charge is -2.16. The number of esters is 1. The number of carbonyl (C=O) groups is 1. The summed E-state index contributed by atoms with van der Waals surface area (Å²) >= 11 is 0. The van der Waals surface area contributed by atoms with Crippen LogP contribution in [0, 0.1) is 13.8 Å². The van der Waals surface area contributed by atoms with Crippen molar-refractivity contribution in [2.75, 3.05) is 7.11 Å². The number of ether oxygens (including phenoxy) is 1. The zero-order valence-corrected chi connectivity index (χ0v) is 24.3. The van der Waals surface area contributed by atoms with Crippen LogP contribution in [0.4, 0.5) is 0 Å². The molecule has 0 saturated heterocycles. The SMILES string of the molecule is CCc1c(C)c2cc3[nH]c(cc4nc(c5c6nc(cc1[nH]2)C(C)=C6CC5)[C@@H](CCC(=O)OC)[C@@H]4C)c(C)c3CO. The first-order valence-corrected chi connectivity index (χ1v) is 14.4. The second kappa shape index (κ2) is 10.0. The minimum atomic E-state index is -0.196. The Balaban J connectivity index is 1.72. The van der Waals surface area contributed by atoms with Gasteiger partial charge < -0.3 is 19.8 Å². The van der Waals surface area contributed by atoms with Crippen molar-refractivity contribution in [3.8, 4) is 0 Å². The number of aryl methyl sites for hydroxylation is 3. The lowest BCUT2D eigenvalue weighted by molar-refractivity contribution is -0.140. The molecular formula is C33H38N4O3. The molecule has 3 N–H and O–H groups in total. The summed E-state index contributed by atoms with van der Waals surface area (Å²) in [7, 11) is 1.44. The molecule has 0 radical (unpaired) electrons. The number of H-pyrrole nitrogens is 2. The molecule has 2 atom stereocenters. The molecule has 0 unspecified atom stereocenters. The number of fused-ring (bicyclic) bond motifs is 8. The molecule has 8 bridgehead atoms. The van der Waals surface area contributed by atoms with Gasteiger partial charge in [0.2, 0.25) is 0 Å². The molecular weight excluding hydrogens is 500 g/mol. The third kappa shape index (κ3) is 4.10. The Hall–Kier alpha value is -3.71. The number of aromatic amines is 2. The van der Waals surface area contributed by atoms with Gasteiger partial charge in [0, 0.05) is 62.8 Å². The van der Waals surface area contributed by atoms with E-state index in [4.69, 9.17) is 14.7 Å². The van der Waals surface area contributed by atoms with Crippen molar-refractivity contribution < 1.29 is 14.6 Å². The van der Waals surface area contributed by atoms with Crippen molar-refractivity contribution in [3.05, 3.63) is 68.8 Å². The number of nitrogens with zero attached hydrogens (tertiary/aromatic N) is 2. The molecule has 3 aromatic heterocycles. The van der Waals surface area contributed by atoms with Crippen LogP contribution in [-0.2, 0) is 29.0 Å². The average molecular weight is 539 g/mol. The molecule has 0 spiro atoms. The summed E-state index contributed by atoms with van der Waals surface area (Å²) in [5, 5.41) is 10.3. The molecule has 6 rings (SSSR count). The van der Waals surface area contributed by atoms with E-state index in [9.17, 15) is 9.90 Å². The van der Waals surface area contributed by atoms with Gasteiger partial charge in [-0.05, 0) is 92.5 Å². The highest BCUT2D eigenvalue weighted by Gasteiger charge is 2.35. The minimum absolute atomic E-state index is 0.0532. The van der Waals surface area contributed by atoms with Crippen molar-refractivity contribution in [2.24, 2.45) is 0 Å². The Labute approximate surface area is 234 Å². The number of hydrogen-bond acceptors (Lipinski definition) is 5. The molecule has 0 aromatic carbocycles. The van der Waals surface area contributed by atoms with E-state index in [0.717, 1.165) is 75.2 Å².